The van der Waals surface area contributed by atoms with E-state index in [1.807, 2.05) is 0 Å². The molecular weight excluding hydrogens is 212 g/mol. The van der Waals surface area contributed by atoms with Crippen LogP contribution >= 0.6 is 12.2 Å². The lowest BCUT2D eigenvalue weighted by atomic mass is 10.0. The van der Waals surface area contributed by atoms with E-state index < -0.39 is 0 Å². The smallest absolute Gasteiger partial charge is 0.166 e. The minimum Gasteiger partial charge on any atom is -0.383 e. The van der Waals surface area contributed by atoms with Gasteiger partial charge in [-0.2, -0.15) is 0 Å². The molecule has 5 heteroatoms. The highest BCUT2D eigenvalue weighted by atomic mass is 32.1. The SMILES string of the molecule is COCCNC(=S)NCC1(C)CCCO1. The number of methoxy groups -OCH3 is 1. The van der Waals surface area contributed by atoms with Crippen LogP contribution in [0.2, 0.25) is 0 Å². The van der Waals surface area contributed by atoms with Crippen LogP contribution in [0.1, 0.15) is 19.8 Å². The molecule has 1 atom stereocenters. The van der Waals surface area contributed by atoms with Gasteiger partial charge >= 0.3 is 0 Å². The molecule has 0 aromatic heterocycles. The summed E-state index contributed by atoms with van der Waals surface area (Å²) in [6.07, 6.45) is 2.24. The molecule has 0 aliphatic carbocycles. The molecule has 0 bridgehead atoms. The van der Waals surface area contributed by atoms with Gasteiger partial charge in [-0.15, -0.1) is 0 Å². The molecule has 0 spiro atoms. The predicted octanol–water partition coefficient (Wildman–Crippen LogP) is 0.666. The quantitative estimate of drug-likeness (QED) is 0.538. The summed E-state index contributed by atoms with van der Waals surface area (Å²) in [7, 11) is 1.67. The van der Waals surface area contributed by atoms with E-state index in [9.17, 15) is 0 Å². The first-order chi connectivity index (χ1) is 7.16. The van der Waals surface area contributed by atoms with Gasteiger partial charge in [0.05, 0.1) is 12.2 Å². The largest absolute Gasteiger partial charge is 0.383 e. The normalized spacial score (nSPS) is 25.2. The van der Waals surface area contributed by atoms with E-state index in [0.717, 1.165) is 32.5 Å². The average molecular weight is 232 g/mol. The van der Waals surface area contributed by atoms with Crippen LogP contribution < -0.4 is 10.6 Å². The fourth-order valence-electron chi connectivity index (χ4n) is 1.57. The molecule has 1 fully saturated rings. The Bertz CT molecular complexity index is 206. The fourth-order valence-corrected chi connectivity index (χ4v) is 1.75. The highest BCUT2D eigenvalue weighted by molar-refractivity contribution is 7.80. The molecule has 4 nitrogen and oxygen atoms in total. The van der Waals surface area contributed by atoms with Gasteiger partial charge in [0.15, 0.2) is 5.11 Å². The molecule has 0 aromatic rings. The Kier molecular flexibility index (Phi) is 5.28. The zero-order valence-corrected chi connectivity index (χ0v) is 10.3. The standard InChI is InChI=1S/C10H20N2O2S/c1-10(4-3-6-14-10)8-12-9(15)11-5-7-13-2/h3-8H2,1-2H3,(H2,11,12,15). The van der Waals surface area contributed by atoms with Gasteiger partial charge in [0, 0.05) is 26.8 Å². The first-order valence-electron chi connectivity index (χ1n) is 5.31. The summed E-state index contributed by atoms with van der Waals surface area (Å²) in [6, 6.07) is 0. The van der Waals surface area contributed by atoms with E-state index in [4.69, 9.17) is 21.7 Å². The summed E-state index contributed by atoms with van der Waals surface area (Å²) in [5.41, 5.74) is -0.0486. The van der Waals surface area contributed by atoms with Crippen molar-refractivity contribution < 1.29 is 9.47 Å². The van der Waals surface area contributed by atoms with Crippen molar-refractivity contribution in [1.82, 2.24) is 10.6 Å². The third-order valence-electron chi connectivity index (χ3n) is 2.52. The second-order valence-electron chi connectivity index (χ2n) is 4.00. The Hall–Kier alpha value is -0.390. The van der Waals surface area contributed by atoms with Crippen LogP contribution in [0.25, 0.3) is 0 Å². The summed E-state index contributed by atoms with van der Waals surface area (Å²) in [5.74, 6) is 0. The first-order valence-corrected chi connectivity index (χ1v) is 5.72. The van der Waals surface area contributed by atoms with E-state index >= 15 is 0 Å². The van der Waals surface area contributed by atoms with E-state index in [1.165, 1.54) is 0 Å². The topological polar surface area (TPSA) is 42.5 Å². The molecule has 1 rings (SSSR count). The fraction of sp³-hybridized carbons (Fsp3) is 0.900. The Morgan fingerprint density at radius 2 is 2.33 bits per heavy atom. The van der Waals surface area contributed by atoms with Gasteiger partial charge in [0.1, 0.15) is 0 Å². The number of thiocarbonyl (C=S) groups is 1. The number of nitrogens with one attached hydrogen (secondary N) is 2. The predicted molar refractivity (Wildman–Crippen MR) is 64.1 cm³/mol. The van der Waals surface area contributed by atoms with Gasteiger partial charge in [0.25, 0.3) is 0 Å². The maximum absolute atomic E-state index is 5.64. The number of hydrogen-bond acceptors (Lipinski definition) is 3. The monoisotopic (exact) mass is 232 g/mol. The van der Waals surface area contributed by atoms with E-state index in [-0.39, 0.29) is 5.60 Å². The van der Waals surface area contributed by atoms with Gasteiger partial charge in [-0.05, 0) is 32.0 Å². The Morgan fingerprint density at radius 1 is 1.53 bits per heavy atom. The third-order valence-corrected chi connectivity index (χ3v) is 2.80. The van der Waals surface area contributed by atoms with Crippen LogP contribution in [-0.4, -0.2) is 44.1 Å². The van der Waals surface area contributed by atoms with Crippen molar-refractivity contribution in [1.29, 1.82) is 0 Å². The molecule has 0 radical (unpaired) electrons. The van der Waals surface area contributed by atoms with Crippen molar-refractivity contribution in [2.24, 2.45) is 0 Å². The van der Waals surface area contributed by atoms with Crippen molar-refractivity contribution in [2.75, 3.05) is 33.4 Å². The minimum absolute atomic E-state index is 0.0486. The molecular formula is C10H20N2O2S. The molecule has 1 aliphatic heterocycles. The summed E-state index contributed by atoms with van der Waals surface area (Å²) >= 11 is 5.12. The number of hydrogen-bond donors (Lipinski definition) is 2. The minimum atomic E-state index is -0.0486. The summed E-state index contributed by atoms with van der Waals surface area (Å²) in [6.45, 7) is 5.15. The Labute approximate surface area is 96.7 Å². The van der Waals surface area contributed by atoms with Crippen LogP contribution in [0.3, 0.4) is 0 Å². The highest BCUT2D eigenvalue weighted by Gasteiger charge is 2.29. The van der Waals surface area contributed by atoms with Crippen LogP contribution in [0.5, 0.6) is 0 Å². The number of rotatable bonds is 5. The van der Waals surface area contributed by atoms with Crippen molar-refractivity contribution >= 4 is 17.3 Å². The second kappa shape index (κ2) is 6.25. The van der Waals surface area contributed by atoms with E-state index in [1.54, 1.807) is 7.11 Å². The zero-order chi connectivity index (χ0) is 11.1. The molecule has 0 saturated carbocycles. The van der Waals surface area contributed by atoms with Gasteiger partial charge in [0.2, 0.25) is 0 Å². The molecule has 1 saturated heterocycles. The Balaban J connectivity index is 2.10. The van der Waals surface area contributed by atoms with Crippen molar-refractivity contribution in [3.05, 3.63) is 0 Å². The van der Waals surface area contributed by atoms with Gasteiger partial charge < -0.3 is 20.1 Å². The van der Waals surface area contributed by atoms with Crippen LogP contribution in [0.4, 0.5) is 0 Å². The van der Waals surface area contributed by atoms with Gasteiger partial charge in [-0.1, -0.05) is 0 Å². The van der Waals surface area contributed by atoms with Crippen molar-refractivity contribution in [2.45, 2.75) is 25.4 Å². The molecule has 1 unspecified atom stereocenters. The van der Waals surface area contributed by atoms with E-state index in [0.29, 0.717) is 11.7 Å². The number of ether oxygens (including phenoxy) is 2. The second-order valence-corrected chi connectivity index (χ2v) is 4.41. The average Bonchev–Trinajstić information content (AvgIpc) is 2.64. The van der Waals surface area contributed by atoms with Crippen LogP contribution in [0.15, 0.2) is 0 Å². The molecule has 1 heterocycles. The lowest BCUT2D eigenvalue weighted by Crippen LogP contribution is -2.45. The summed E-state index contributed by atoms with van der Waals surface area (Å²) in [4.78, 5) is 0. The van der Waals surface area contributed by atoms with E-state index in [2.05, 4.69) is 17.6 Å². The lowest BCUT2D eigenvalue weighted by molar-refractivity contribution is 0.0244. The first kappa shape index (κ1) is 12.7. The maximum atomic E-state index is 5.64. The molecule has 15 heavy (non-hydrogen) atoms. The van der Waals surface area contributed by atoms with Gasteiger partial charge in [-0.25, -0.2) is 0 Å². The van der Waals surface area contributed by atoms with Crippen molar-refractivity contribution in [3.63, 3.8) is 0 Å². The molecule has 2 N–H and O–H groups in total. The zero-order valence-electron chi connectivity index (χ0n) is 9.47. The Morgan fingerprint density at radius 3 is 2.93 bits per heavy atom. The summed E-state index contributed by atoms with van der Waals surface area (Å²) in [5, 5.41) is 6.90. The van der Waals surface area contributed by atoms with Gasteiger partial charge in [-0.3, -0.25) is 0 Å². The van der Waals surface area contributed by atoms with Crippen LogP contribution in [-0.2, 0) is 9.47 Å². The lowest BCUT2D eigenvalue weighted by Gasteiger charge is -2.24. The van der Waals surface area contributed by atoms with Crippen LogP contribution in [0, 0.1) is 0 Å². The highest BCUT2D eigenvalue weighted by Crippen LogP contribution is 2.23. The maximum Gasteiger partial charge on any atom is 0.166 e. The summed E-state index contributed by atoms with van der Waals surface area (Å²) < 4.78 is 10.6. The molecule has 88 valence electrons. The third kappa shape index (κ3) is 4.77. The molecule has 0 aromatic carbocycles. The molecule has 1 aliphatic rings. The molecule has 0 amide bonds. The van der Waals surface area contributed by atoms with Crippen molar-refractivity contribution in [3.8, 4) is 0 Å².